The molecule has 4 amide bonds. The third kappa shape index (κ3) is 3.34. The first kappa shape index (κ1) is 18.5. The van der Waals surface area contributed by atoms with Gasteiger partial charge in [-0.1, -0.05) is 32.6 Å². The van der Waals surface area contributed by atoms with Crippen molar-refractivity contribution in [1.29, 1.82) is 0 Å². The fraction of sp³-hybridized carbons (Fsp3) is 0.800. The summed E-state index contributed by atoms with van der Waals surface area (Å²) in [5.74, 6) is -2.86. The number of imide groups is 1. The lowest BCUT2D eigenvalue weighted by atomic mass is 9.88. The van der Waals surface area contributed by atoms with Crippen LogP contribution in [0.1, 0.15) is 51.9 Å². The standard InChI is InChI=1S/C15H22F3N3O3/c1-2-3-9-21-12(23)14(15(16,17)18,20-13(21)24)19-11(22)10-7-5-4-6-8-10/h10H,2-9H2,1H3,(H,19,22)(H,20,24). The van der Waals surface area contributed by atoms with Crippen LogP contribution in [0, 0.1) is 5.92 Å². The summed E-state index contributed by atoms with van der Waals surface area (Å²) in [6, 6.07) is -1.13. The SMILES string of the molecule is CCCCN1C(=O)NC(NC(=O)C2CCCCC2)(C(F)(F)F)C1=O. The van der Waals surface area contributed by atoms with E-state index in [0.717, 1.165) is 19.3 Å². The maximum absolute atomic E-state index is 13.6. The lowest BCUT2D eigenvalue weighted by Gasteiger charge is -2.32. The first-order valence-corrected chi connectivity index (χ1v) is 8.26. The van der Waals surface area contributed by atoms with Gasteiger partial charge in [0.25, 0.3) is 11.6 Å². The van der Waals surface area contributed by atoms with Gasteiger partial charge < -0.3 is 5.32 Å². The second kappa shape index (κ2) is 6.98. The largest absolute Gasteiger partial charge is 0.440 e. The van der Waals surface area contributed by atoms with Crippen molar-refractivity contribution in [1.82, 2.24) is 15.5 Å². The summed E-state index contributed by atoms with van der Waals surface area (Å²) >= 11 is 0. The van der Waals surface area contributed by atoms with E-state index in [2.05, 4.69) is 0 Å². The quantitative estimate of drug-likeness (QED) is 0.748. The fourth-order valence-corrected chi connectivity index (χ4v) is 3.09. The molecule has 1 atom stereocenters. The summed E-state index contributed by atoms with van der Waals surface area (Å²) in [6.07, 6.45) is -0.670. The van der Waals surface area contributed by atoms with Gasteiger partial charge in [-0.05, 0) is 19.3 Å². The molecule has 2 rings (SSSR count). The van der Waals surface area contributed by atoms with Crippen molar-refractivity contribution >= 4 is 17.8 Å². The highest BCUT2D eigenvalue weighted by atomic mass is 19.4. The Bertz CT molecular complexity index is 518. The average Bonchev–Trinajstić information content (AvgIpc) is 2.77. The minimum absolute atomic E-state index is 0.113. The Kier molecular flexibility index (Phi) is 5.39. The van der Waals surface area contributed by atoms with E-state index in [9.17, 15) is 27.6 Å². The molecular weight excluding hydrogens is 327 g/mol. The van der Waals surface area contributed by atoms with E-state index in [1.54, 1.807) is 17.6 Å². The molecule has 1 saturated heterocycles. The van der Waals surface area contributed by atoms with E-state index in [1.165, 1.54) is 0 Å². The summed E-state index contributed by atoms with van der Waals surface area (Å²) in [7, 11) is 0. The third-order valence-corrected chi connectivity index (χ3v) is 4.55. The fourth-order valence-electron chi connectivity index (χ4n) is 3.09. The molecule has 1 saturated carbocycles. The monoisotopic (exact) mass is 349 g/mol. The Morgan fingerprint density at radius 2 is 1.92 bits per heavy atom. The molecule has 136 valence electrons. The number of nitrogens with one attached hydrogen (secondary N) is 2. The zero-order chi connectivity index (χ0) is 18.0. The minimum Gasteiger partial charge on any atom is -0.318 e. The highest BCUT2D eigenvalue weighted by Gasteiger charge is 2.68. The highest BCUT2D eigenvalue weighted by Crippen LogP contribution is 2.35. The second-order valence-corrected chi connectivity index (χ2v) is 6.31. The van der Waals surface area contributed by atoms with Crippen LogP contribution < -0.4 is 10.6 Å². The van der Waals surface area contributed by atoms with Crippen LogP contribution in [-0.2, 0) is 9.59 Å². The number of carbonyl (C=O) groups is 3. The first-order valence-electron chi connectivity index (χ1n) is 8.26. The van der Waals surface area contributed by atoms with Crippen LogP contribution in [0.3, 0.4) is 0 Å². The zero-order valence-electron chi connectivity index (χ0n) is 13.5. The molecule has 2 fully saturated rings. The van der Waals surface area contributed by atoms with Crippen LogP contribution in [-0.4, -0.2) is 41.1 Å². The van der Waals surface area contributed by atoms with Gasteiger partial charge >= 0.3 is 12.2 Å². The first-order chi connectivity index (χ1) is 11.2. The number of alkyl halides is 3. The van der Waals surface area contributed by atoms with Gasteiger partial charge in [0.1, 0.15) is 0 Å². The summed E-state index contributed by atoms with van der Waals surface area (Å²) in [5.41, 5.74) is -3.35. The molecule has 1 aliphatic carbocycles. The molecule has 24 heavy (non-hydrogen) atoms. The van der Waals surface area contributed by atoms with Crippen molar-refractivity contribution in [3.8, 4) is 0 Å². The van der Waals surface area contributed by atoms with Gasteiger partial charge in [-0.15, -0.1) is 0 Å². The number of halogens is 3. The minimum atomic E-state index is -5.12. The smallest absolute Gasteiger partial charge is 0.318 e. The van der Waals surface area contributed by atoms with Crippen molar-refractivity contribution in [2.24, 2.45) is 5.92 Å². The molecule has 0 aromatic carbocycles. The van der Waals surface area contributed by atoms with Crippen LogP contribution in [0.4, 0.5) is 18.0 Å². The Hall–Kier alpha value is -1.80. The second-order valence-electron chi connectivity index (χ2n) is 6.31. The maximum Gasteiger partial charge on any atom is 0.440 e. The van der Waals surface area contributed by atoms with Gasteiger partial charge in [0.15, 0.2) is 0 Å². The summed E-state index contributed by atoms with van der Waals surface area (Å²) in [4.78, 5) is 36.9. The van der Waals surface area contributed by atoms with E-state index in [1.807, 2.05) is 0 Å². The van der Waals surface area contributed by atoms with Crippen molar-refractivity contribution in [3.05, 3.63) is 0 Å². The molecule has 0 bridgehead atoms. The topological polar surface area (TPSA) is 78.5 Å². The number of nitrogens with zero attached hydrogens (tertiary/aromatic N) is 1. The Balaban J connectivity index is 2.23. The highest BCUT2D eigenvalue weighted by molar-refractivity contribution is 6.09. The predicted molar refractivity (Wildman–Crippen MR) is 78.7 cm³/mol. The lowest BCUT2D eigenvalue weighted by molar-refractivity contribution is -0.204. The Morgan fingerprint density at radius 1 is 1.29 bits per heavy atom. The molecule has 9 heteroatoms. The van der Waals surface area contributed by atoms with Gasteiger partial charge in [0, 0.05) is 12.5 Å². The number of hydrogen-bond acceptors (Lipinski definition) is 3. The molecule has 0 aromatic rings. The van der Waals surface area contributed by atoms with E-state index in [-0.39, 0.29) is 6.54 Å². The Labute approximate surface area is 138 Å². The van der Waals surface area contributed by atoms with E-state index in [4.69, 9.17) is 0 Å². The normalized spacial score (nSPS) is 25.8. The van der Waals surface area contributed by atoms with Gasteiger partial charge in [0.2, 0.25) is 5.91 Å². The molecule has 1 heterocycles. The molecule has 2 N–H and O–H groups in total. The van der Waals surface area contributed by atoms with Gasteiger partial charge in [-0.2, -0.15) is 13.2 Å². The molecule has 0 aromatic heterocycles. The molecular formula is C15H22F3N3O3. The van der Waals surface area contributed by atoms with E-state index in [0.29, 0.717) is 30.6 Å². The number of amides is 4. The Morgan fingerprint density at radius 3 is 2.46 bits per heavy atom. The summed E-state index contributed by atoms with van der Waals surface area (Å²) < 4.78 is 40.8. The molecule has 0 radical (unpaired) electrons. The van der Waals surface area contributed by atoms with Crippen molar-refractivity contribution < 1.29 is 27.6 Å². The molecule has 1 unspecified atom stereocenters. The lowest BCUT2D eigenvalue weighted by Crippen LogP contribution is -2.70. The molecule has 0 spiro atoms. The predicted octanol–water partition coefficient (Wildman–Crippen LogP) is 2.29. The summed E-state index contributed by atoms with van der Waals surface area (Å²) in [5, 5.41) is 3.47. The number of carbonyl (C=O) groups excluding carboxylic acids is 3. The average molecular weight is 349 g/mol. The van der Waals surface area contributed by atoms with Crippen molar-refractivity contribution in [3.63, 3.8) is 0 Å². The maximum atomic E-state index is 13.6. The van der Waals surface area contributed by atoms with E-state index >= 15 is 0 Å². The van der Waals surface area contributed by atoms with Crippen molar-refractivity contribution in [2.45, 2.75) is 63.7 Å². The van der Waals surface area contributed by atoms with E-state index < -0.39 is 35.6 Å². The number of hydrogen-bond donors (Lipinski definition) is 2. The van der Waals surface area contributed by atoms with Gasteiger partial charge in [-0.3, -0.25) is 19.8 Å². The third-order valence-electron chi connectivity index (χ3n) is 4.55. The number of unbranched alkanes of at least 4 members (excludes halogenated alkanes) is 1. The van der Waals surface area contributed by atoms with Gasteiger partial charge in [-0.25, -0.2) is 4.79 Å². The van der Waals surface area contributed by atoms with Crippen LogP contribution >= 0.6 is 0 Å². The molecule has 1 aliphatic heterocycles. The van der Waals surface area contributed by atoms with Gasteiger partial charge in [0.05, 0.1) is 0 Å². The summed E-state index contributed by atoms with van der Waals surface area (Å²) in [6.45, 7) is 1.68. The molecule has 2 aliphatic rings. The number of urea groups is 1. The van der Waals surface area contributed by atoms with Crippen LogP contribution in [0.5, 0.6) is 0 Å². The number of rotatable bonds is 5. The van der Waals surface area contributed by atoms with Crippen molar-refractivity contribution in [2.75, 3.05) is 6.54 Å². The van der Waals surface area contributed by atoms with Crippen LogP contribution in [0.2, 0.25) is 0 Å². The molecule has 6 nitrogen and oxygen atoms in total. The van der Waals surface area contributed by atoms with Crippen LogP contribution in [0.15, 0.2) is 0 Å². The zero-order valence-corrected chi connectivity index (χ0v) is 13.5. The van der Waals surface area contributed by atoms with Crippen LogP contribution in [0.25, 0.3) is 0 Å².